The number of phenols is 1. The molecule has 0 unspecified atom stereocenters. The molecule has 0 saturated carbocycles. The maximum Gasteiger partial charge on any atom is 0.299 e. The molecule has 332 valence electrons. The van der Waals surface area contributed by atoms with Crippen LogP contribution < -0.4 is 10.3 Å². The van der Waals surface area contributed by atoms with E-state index in [-0.39, 0.29) is 57.7 Å². The summed E-state index contributed by atoms with van der Waals surface area (Å²) in [6.07, 6.45) is 1.08. The normalized spacial score (nSPS) is 12.8. The fraction of sp³-hybridized carbons (Fsp3) is 0.100. The first-order valence-corrected chi connectivity index (χ1v) is 24.1. The molecule has 0 aliphatic heterocycles. The van der Waals surface area contributed by atoms with Crippen molar-refractivity contribution in [1.29, 1.82) is 0 Å². The highest BCUT2D eigenvalue weighted by molar-refractivity contribution is 7.86. The Hall–Kier alpha value is -7.13. The molecule has 0 bridgehead atoms. The molecule has 5 N–H and O–H groups in total. The van der Waals surface area contributed by atoms with Crippen molar-refractivity contribution in [2.75, 3.05) is 12.4 Å². The Morgan fingerprint density at radius 2 is 1.42 bits per heavy atom. The Labute approximate surface area is 371 Å². The predicted molar refractivity (Wildman–Crippen MR) is 239 cm³/mol. The molecule has 0 saturated heterocycles. The SMILES string of the molecule is Cc1cc(N=Nc2ccc3c(S(=O)(=O)O)c(N=Nc4c[nH]n(-c5cccc6ccc(S(=O)(=O)O)cc56)c4=O)ccc3c2O)c(OCCCS(=O)(=O)O)cc1N=Nc1nc2ccccc2s1. The molecular formula is C40H31N9O12S4. The number of nitrogens with one attached hydrogen (secondary N) is 1. The van der Waals surface area contributed by atoms with Crippen molar-refractivity contribution in [2.45, 2.75) is 23.1 Å². The number of aromatic amines is 1. The van der Waals surface area contributed by atoms with Gasteiger partial charge in [-0.1, -0.05) is 47.7 Å². The Balaban J connectivity index is 1.10. The lowest BCUT2D eigenvalue weighted by atomic mass is 10.1. The number of nitrogens with zero attached hydrogens (tertiary/aromatic N) is 8. The zero-order valence-electron chi connectivity index (χ0n) is 33.2. The Morgan fingerprint density at radius 3 is 2.17 bits per heavy atom. The van der Waals surface area contributed by atoms with Crippen LogP contribution >= 0.6 is 11.3 Å². The maximum absolute atomic E-state index is 13.5. The van der Waals surface area contributed by atoms with Gasteiger partial charge in [0.2, 0.25) is 5.13 Å². The average Bonchev–Trinajstić information content (AvgIpc) is 3.84. The van der Waals surface area contributed by atoms with E-state index in [0.717, 1.165) is 27.2 Å². The van der Waals surface area contributed by atoms with Crippen molar-refractivity contribution in [3.63, 3.8) is 0 Å². The first-order valence-electron chi connectivity index (χ1n) is 18.7. The summed E-state index contributed by atoms with van der Waals surface area (Å²) in [5, 5.41) is 39.8. The number of H-pyrrole nitrogens is 1. The van der Waals surface area contributed by atoms with E-state index in [4.69, 9.17) is 4.74 Å². The monoisotopic (exact) mass is 957 g/mol. The van der Waals surface area contributed by atoms with Gasteiger partial charge in [0, 0.05) is 22.2 Å². The minimum Gasteiger partial charge on any atom is -0.505 e. The van der Waals surface area contributed by atoms with Gasteiger partial charge in [-0.3, -0.25) is 23.6 Å². The van der Waals surface area contributed by atoms with E-state index in [9.17, 15) is 48.8 Å². The molecule has 8 rings (SSSR count). The number of aromatic hydroxyl groups is 1. The first-order chi connectivity index (χ1) is 30.8. The van der Waals surface area contributed by atoms with Crippen LogP contribution in [0.4, 0.5) is 33.6 Å². The lowest BCUT2D eigenvalue weighted by Gasteiger charge is -2.11. The lowest BCUT2D eigenvalue weighted by Crippen LogP contribution is -2.14. The molecule has 8 aromatic rings. The molecule has 25 heteroatoms. The fourth-order valence-corrected chi connectivity index (χ4v) is 9.18. The van der Waals surface area contributed by atoms with E-state index in [1.54, 1.807) is 25.1 Å². The van der Waals surface area contributed by atoms with Gasteiger partial charge in [-0.2, -0.15) is 25.3 Å². The van der Waals surface area contributed by atoms with Crippen LogP contribution in [-0.2, 0) is 30.4 Å². The van der Waals surface area contributed by atoms with Gasteiger partial charge in [0.1, 0.15) is 27.7 Å². The van der Waals surface area contributed by atoms with E-state index >= 15 is 0 Å². The number of azo groups is 3. The van der Waals surface area contributed by atoms with E-state index in [0.29, 0.717) is 21.8 Å². The third-order valence-corrected chi connectivity index (χ3v) is 13.1. The molecule has 0 aliphatic rings. The number of thiazole rings is 1. The van der Waals surface area contributed by atoms with E-state index in [2.05, 4.69) is 40.8 Å². The van der Waals surface area contributed by atoms with Gasteiger partial charge in [-0.25, -0.2) is 9.67 Å². The summed E-state index contributed by atoms with van der Waals surface area (Å²) in [4.78, 5) is 16.8. The molecule has 0 aliphatic carbocycles. The largest absolute Gasteiger partial charge is 0.505 e. The van der Waals surface area contributed by atoms with Crippen molar-refractivity contribution in [3.8, 4) is 17.2 Å². The molecule has 0 fully saturated rings. The summed E-state index contributed by atoms with van der Waals surface area (Å²) in [5.41, 5.74) is 0.357. The number of aromatic nitrogens is 3. The topological polar surface area (TPSA) is 317 Å². The first kappa shape index (κ1) is 44.5. The molecule has 0 atom stereocenters. The van der Waals surface area contributed by atoms with Crippen molar-refractivity contribution < 1.29 is 48.8 Å². The second-order valence-electron chi connectivity index (χ2n) is 14.0. The summed E-state index contributed by atoms with van der Waals surface area (Å²) in [6.45, 7) is 1.55. The van der Waals surface area contributed by atoms with Gasteiger partial charge in [-0.05, 0) is 78.9 Å². The second-order valence-corrected chi connectivity index (χ2v) is 19.4. The van der Waals surface area contributed by atoms with Crippen molar-refractivity contribution in [2.24, 2.45) is 30.7 Å². The van der Waals surface area contributed by atoms with Gasteiger partial charge in [0.05, 0.1) is 45.0 Å². The van der Waals surface area contributed by atoms with Crippen molar-refractivity contribution in [1.82, 2.24) is 14.8 Å². The number of hydrogen-bond donors (Lipinski definition) is 5. The third kappa shape index (κ3) is 9.70. The van der Waals surface area contributed by atoms with Crippen LogP contribution in [0.25, 0.3) is 37.4 Å². The van der Waals surface area contributed by atoms with Crippen molar-refractivity contribution in [3.05, 3.63) is 119 Å². The van der Waals surface area contributed by atoms with Crippen LogP contribution in [0.5, 0.6) is 11.5 Å². The molecule has 2 heterocycles. The number of para-hydroxylation sites is 1. The number of aryl methyl sites for hydroxylation is 1. The number of rotatable bonds is 14. The van der Waals surface area contributed by atoms with Gasteiger partial charge in [0.15, 0.2) is 11.4 Å². The number of hydrogen-bond acceptors (Lipinski definition) is 17. The summed E-state index contributed by atoms with van der Waals surface area (Å²) in [5.74, 6) is -1.02. The molecule has 2 aromatic heterocycles. The molecule has 0 amide bonds. The van der Waals surface area contributed by atoms with E-state index in [1.807, 2.05) is 24.3 Å². The number of ether oxygens (including phenoxy) is 1. The van der Waals surface area contributed by atoms with E-state index in [1.165, 1.54) is 59.9 Å². The molecule has 65 heavy (non-hydrogen) atoms. The minimum atomic E-state index is -5.07. The number of fused-ring (bicyclic) bond motifs is 3. The highest BCUT2D eigenvalue weighted by atomic mass is 32.2. The van der Waals surface area contributed by atoms with Gasteiger partial charge >= 0.3 is 0 Å². The van der Waals surface area contributed by atoms with Crippen LogP contribution in [0.2, 0.25) is 0 Å². The van der Waals surface area contributed by atoms with Crippen LogP contribution in [0.1, 0.15) is 12.0 Å². The standard InChI is InChI=1S/C40H31N9O12S4/c1-22-18-32(35(61-16-5-17-63(52,53)54)20-31(22)45-48-40-42-28-7-2-3-9-36(28)62-40)46-43-29-14-13-26-25(37(29)50)12-15-30(38(26)65(58,59)60)44-47-33-21-41-49(39(33)51)34-8-4-6-23-10-11-24(19-27(23)34)64(55,56)57/h2-4,6-15,18-21,41,50H,5,16-17H2,1H3,(H,52,53,54)(H,55,56,57)(H,58,59,60). The van der Waals surface area contributed by atoms with Crippen LogP contribution in [0, 0.1) is 6.92 Å². The summed E-state index contributed by atoms with van der Waals surface area (Å²) >= 11 is 1.33. The zero-order valence-corrected chi connectivity index (χ0v) is 36.5. The summed E-state index contributed by atoms with van der Waals surface area (Å²) in [7, 11) is -13.9. The summed E-state index contributed by atoms with van der Waals surface area (Å²) in [6, 6.07) is 24.0. The molecule has 21 nitrogen and oxygen atoms in total. The number of benzene rings is 6. The maximum atomic E-state index is 13.5. The van der Waals surface area contributed by atoms with Crippen molar-refractivity contribution >= 4 is 107 Å². The fourth-order valence-electron chi connectivity index (χ4n) is 6.57. The van der Waals surface area contributed by atoms with Gasteiger partial charge in [-0.15, -0.1) is 30.7 Å². The Bertz CT molecular complexity index is 3680. The number of phenolic OH excluding ortho intramolecular Hbond substituents is 1. The molecular weight excluding hydrogens is 927 g/mol. The van der Waals surface area contributed by atoms with E-state index < -0.39 is 62.9 Å². The molecule has 6 aromatic carbocycles. The predicted octanol–water partition coefficient (Wildman–Crippen LogP) is 9.49. The van der Waals surface area contributed by atoms with Crippen LogP contribution in [-0.4, -0.2) is 71.1 Å². The third-order valence-electron chi connectivity index (χ3n) is 9.60. The summed E-state index contributed by atoms with van der Waals surface area (Å²) < 4.78 is 109. The zero-order chi connectivity index (χ0) is 46.3. The average molecular weight is 958 g/mol. The smallest absolute Gasteiger partial charge is 0.299 e. The van der Waals surface area contributed by atoms with Gasteiger partial charge < -0.3 is 9.84 Å². The lowest BCUT2D eigenvalue weighted by molar-refractivity contribution is 0.317. The Kier molecular flexibility index (Phi) is 11.9. The molecule has 0 radical (unpaired) electrons. The second kappa shape index (κ2) is 17.4. The van der Waals surface area contributed by atoms with Crippen LogP contribution in [0.15, 0.2) is 149 Å². The highest BCUT2D eigenvalue weighted by Gasteiger charge is 2.23. The highest BCUT2D eigenvalue weighted by Crippen LogP contribution is 2.43. The minimum absolute atomic E-state index is 0.0774. The molecule has 0 spiro atoms. The Morgan fingerprint density at radius 1 is 0.708 bits per heavy atom. The quantitative estimate of drug-likeness (QED) is 0.0385. The van der Waals surface area contributed by atoms with Crippen LogP contribution in [0.3, 0.4) is 0 Å². The van der Waals surface area contributed by atoms with Gasteiger partial charge in [0.25, 0.3) is 35.9 Å².